The van der Waals surface area contributed by atoms with Crippen molar-refractivity contribution in [3.05, 3.63) is 54.1 Å². The highest BCUT2D eigenvalue weighted by Gasteiger charge is 2.33. The maximum absolute atomic E-state index is 12.8. The lowest BCUT2D eigenvalue weighted by Crippen LogP contribution is -2.50. The van der Waals surface area contributed by atoms with Gasteiger partial charge in [-0.15, -0.1) is 11.8 Å². The van der Waals surface area contributed by atoms with E-state index in [4.69, 9.17) is 4.74 Å². The van der Waals surface area contributed by atoms with Gasteiger partial charge in [0.1, 0.15) is 5.75 Å². The van der Waals surface area contributed by atoms with E-state index in [9.17, 15) is 9.59 Å². The number of ether oxygens (including phenoxy) is 1. The van der Waals surface area contributed by atoms with E-state index in [2.05, 4.69) is 5.32 Å². The second-order valence-corrected chi connectivity index (χ2v) is 6.76. The molecular formula is C19H20N2O3S. The number of nitrogens with zero attached hydrogens (tertiary/aromatic N) is 1. The smallest absolute Gasteiger partial charge is 0.262 e. The maximum atomic E-state index is 12.8. The van der Waals surface area contributed by atoms with Crippen molar-refractivity contribution in [2.75, 3.05) is 24.2 Å². The summed E-state index contributed by atoms with van der Waals surface area (Å²) in [7, 11) is 1.56. The van der Waals surface area contributed by atoms with E-state index in [1.54, 1.807) is 18.0 Å². The molecule has 5 nitrogen and oxygen atoms in total. The van der Waals surface area contributed by atoms with Gasteiger partial charge in [0.25, 0.3) is 5.91 Å². The van der Waals surface area contributed by atoms with Crippen LogP contribution in [0.1, 0.15) is 5.56 Å². The second-order valence-electron chi connectivity index (χ2n) is 5.75. The van der Waals surface area contributed by atoms with Crippen LogP contribution in [0, 0.1) is 6.92 Å². The van der Waals surface area contributed by atoms with E-state index >= 15 is 0 Å². The molecule has 1 atom stereocenters. The Morgan fingerprint density at radius 1 is 1.20 bits per heavy atom. The first kappa shape index (κ1) is 17.4. The summed E-state index contributed by atoms with van der Waals surface area (Å²) in [5.41, 5.74) is 1.85. The number of nitrogens with one attached hydrogen (secondary N) is 1. The number of rotatable bonds is 4. The van der Waals surface area contributed by atoms with Crippen LogP contribution >= 0.6 is 11.8 Å². The summed E-state index contributed by atoms with van der Waals surface area (Å²) in [6.07, 6.45) is -0.702. The number of carbonyl (C=O) groups excluding carboxylic acids is 2. The summed E-state index contributed by atoms with van der Waals surface area (Å²) in [5.74, 6) is 0.577. The van der Waals surface area contributed by atoms with Crippen molar-refractivity contribution in [3.8, 4) is 5.75 Å². The van der Waals surface area contributed by atoms with Gasteiger partial charge < -0.3 is 15.0 Å². The van der Waals surface area contributed by atoms with Crippen molar-refractivity contribution >= 4 is 29.3 Å². The summed E-state index contributed by atoms with van der Waals surface area (Å²) in [5, 5.41) is 2.58. The Morgan fingerprint density at radius 2 is 1.92 bits per heavy atom. The number of aryl methyl sites for hydroxylation is 1. The van der Waals surface area contributed by atoms with Crippen molar-refractivity contribution in [1.82, 2.24) is 5.32 Å². The SMILES string of the molecule is CNC(=O)[C@@H]1CN(C(=O)CSc2ccccc2C)c2ccccc2O1. The summed E-state index contributed by atoms with van der Waals surface area (Å²) in [6, 6.07) is 15.3. The quantitative estimate of drug-likeness (QED) is 0.856. The second kappa shape index (κ2) is 7.61. The third-order valence-corrected chi connectivity index (χ3v) is 5.22. The Kier molecular flexibility index (Phi) is 5.28. The molecule has 1 aliphatic heterocycles. The van der Waals surface area contributed by atoms with Gasteiger partial charge in [-0.05, 0) is 30.7 Å². The van der Waals surface area contributed by atoms with Crippen LogP contribution in [0.2, 0.25) is 0 Å². The molecule has 0 radical (unpaired) electrons. The third kappa shape index (κ3) is 3.79. The summed E-state index contributed by atoms with van der Waals surface area (Å²) in [4.78, 5) is 27.5. The van der Waals surface area contributed by atoms with Crippen molar-refractivity contribution in [2.45, 2.75) is 17.9 Å². The standard InChI is InChI=1S/C19H20N2O3S/c1-13-7-3-6-10-17(13)25-12-18(22)21-11-16(19(23)20-2)24-15-9-5-4-8-14(15)21/h3-10,16H,11-12H2,1-2H3,(H,20,23)/t16-/m0/s1. The third-order valence-electron chi connectivity index (χ3n) is 4.06. The van der Waals surface area contributed by atoms with Crippen LogP contribution in [-0.4, -0.2) is 37.3 Å². The lowest BCUT2D eigenvalue weighted by atomic mass is 10.2. The predicted octanol–water partition coefficient (Wildman–Crippen LogP) is 2.63. The van der Waals surface area contributed by atoms with Crippen LogP contribution in [0.25, 0.3) is 0 Å². The zero-order chi connectivity index (χ0) is 17.8. The normalized spacial score (nSPS) is 15.9. The summed E-state index contributed by atoms with van der Waals surface area (Å²) in [6.45, 7) is 2.24. The first-order valence-electron chi connectivity index (χ1n) is 8.06. The number of hydrogen-bond acceptors (Lipinski definition) is 4. The van der Waals surface area contributed by atoms with Gasteiger partial charge in [0.15, 0.2) is 6.10 Å². The minimum absolute atomic E-state index is 0.0436. The van der Waals surface area contributed by atoms with Gasteiger partial charge in [0.2, 0.25) is 5.91 Å². The number of thioether (sulfide) groups is 1. The molecule has 2 amide bonds. The molecule has 1 aliphatic rings. The molecule has 1 heterocycles. The molecule has 0 saturated carbocycles. The van der Waals surface area contributed by atoms with Crippen molar-refractivity contribution in [2.24, 2.45) is 0 Å². The zero-order valence-corrected chi connectivity index (χ0v) is 15.0. The number of anilines is 1. The Balaban J connectivity index is 1.78. The fourth-order valence-electron chi connectivity index (χ4n) is 2.70. The number of benzene rings is 2. The average molecular weight is 356 g/mol. The molecular weight excluding hydrogens is 336 g/mol. The van der Waals surface area contributed by atoms with E-state index in [1.807, 2.05) is 49.4 Å². The minimum atomic E-state index is -0.702. The van der Waals surface area contributed by atoms with Gasteiger partial charge in [0.05, 0.1) is 18.0 Å². The number of para-hydroxylation sites is 2. The fraction of sp³-hybridized carbons (Fsp3) is 0.263. The summed E-state index contributed by atoms with van der Waals surface area (Å²) < 4.78 is 5.73. The van der Waals surface area contributed by atoms with Crippen LogP contribution in [0.15, 0.2) is 53.4 Å². The Hall–Kier alpha value is -2.47. The molecule has 0 aliphatic carbocycles. The monoisotopic (exact) mass is 356 g/mol. The maximum Gasteiger partial charge on any atom is 0.262 e. The highest BCUT2D eigenvalue weighted by Crippen LogP contribution is 2.34. The molecule has 0 unspecified atom stereocenters. The molecule has 0 spiro atoms. The first-order chi connectivity index (χ1) is 12.1. The molecule has 130 valence electrons. The molecule has 3 rings (SSSR count). The van der Waals surface area contributed by atoms with Crippen molar-refractivity contribution in [1.29, 1.82) is 0 Å². The van der Waals surface area contributed by atoms with Gasteiger partial charge in [-0.1, -0.05) is 30.3 Å². The average Bonchev–Trinajstić information content (AvgIpc) is 2.65. The van der Waals surface area contributed by atoms with Crippen LogP contribution in [0.5, 0.6) is 5.75 Å². The Labute approximate surface area is 151 Å². The van der Waals surface area contributed by atoms with Crippen LogP contribution in [0.4, 0.5) is 5.69 Å². The number of likely N-dealkylation sites (N-methyl/N-ethyl adjacent to an activating group) is 1. The highest BCUT2D eigenvalue weighted by molar-refractivity contribution is 8.00. The molecule has 6 heteroatoms. The highest BCUT2D eigenvalue weighted by atomic mass is 32.2. The molecule has 2 aromatic carbocycles. The van der Waals surface area contributed by atoms with E-state index in [-0.39, 0.29) is 18.4 Å². The number of fused-ring (bicyclic) bond motifs is 1. The van der Waals surface area contributed by atoms with E-state index in [1.165, 1.54) is 11.8 Å². The topological polar surface area (TPSA) is 58.6 Å². The van der Waals surface area contributed by atoms with Gasteiger partial charge in [0, 0.05) is 11.9 Å². The van der Waals surface area contributed by atoms with Crippen LogP contribution < -0.4 is 15.0 Å². The van der Waals surface area contributed by atoms with Gasteiger partial charge in [-0.2, -0.15) is 0 Å². The minimum Gasteiger partial charge on any atom is -0.477 e. The Morgan fingerprint density at radius 3 is 2.68 bits per heavy atom. The number of hydrogen-bond donors (Lipinski definition) is 1. The van der Waals surface area contributed by atoms with Crippen LogP contribution in [-0.2, 0) is 9.59 Å². The largest absolute Gasteiger partial charge is 0.477 e. The number of amides is 2. The fourth-order valence-corrected chi connectivity index (χ4v) is 3.61. The summed E-state index contributed by atoms with van der Waals surface area (Å²) >= 11 is 1.51. The van der Waals surface area contributed by atoms with Gasteiger partial charge in [-0.3, -0.25) is 9.59 Å². The molecule has 2 aromatic rings. The van der Waals surface area contributed by atoms with Crippen molar-refractivity contribution in [3.63, 3.8) is 0 Å². The predicted molar refractivity (Wildman–Crippen MR) is 99.2 cm³/mol. The van der Waals surface area contributed by atoms with E-state index < -0.39 is 6.10 Å². The molecule has 0 aromatic heterocycles. The van der Waals surface area contributed by atoms with Gasteiger partial charge >= 0.3 is 0 Å². The lowest BCUT2D eigenvalue weighted by molar-refractivity contribution is -0.127. The number of carbonyl (C=O) groups is 2. The molecule has 0 fully saturated rings. The Bertz CT molecular complexity index is 794. The first-order valence-corrected chi connectivity index (χ1v) is 9.05. The van der Waals surface area contributed by atoms with Crippen LogP contribution in [0.3, 0.4) is 0 Å². The molecule has 25 heavy (non-hydrogen) atoms. The zero-order valence-electron chi connectivity index (χ0n) is 14.2. The molecule has 1 N–H and O–H groups in total. The van der Waals surface area contributed by atoms with Gasteiger partial charge in [-0.25, -0.2) is 0 Å². The lowest BCUT2D eigenvalue weighted by Gasteiger charge is -2.34. The molecule has 0 saturated heterocycles. The van der Waals surface area contributed by atoms with E-state index in [0.29, 0.717) is 17.2 Å². The van der Waals surface area contributed by atoms with Crippen molar-refractivity contribution < 1.29 is 14.3 Å². The molecule has 0 bridgehead atoms. The van der Waals surface area contributed by atoms with E-state index in [0.717, 1.165) is 10.5 Å².